The summed E-state index contributed by atoms with van der Waals surface area (Å²) in [6.45, 7) is 2.02. The SMILES string of the molecule is CCN1C(=O)C2CC=C3C(CC4(Cl)C(=O)N(CBr)C(=O)C4(Cl)C3c3ccc(O)c4ccccc34)C2C1=O. The van der Waals surface area contributed by atoms with E-state index >= 15 is 0 Å². The van der Waals surface area contributed by atoms with Gasteiger partial charge in [0.05, 0.1) is 17.3 Å². The smallest absolute Gasteiger partial charge is 0.254 e. The van der Waals surface area contributed by atoms with Crippen LogP contribution in [0.5, 0.6) is 5.75 Å². The van der Waals surface area contributed by atoms with Gasteiger partial charge in [-0.1, -0.05) is 57.9 Å². The first kappa shape index (κ1) is 24.9. The predicted molar refractivity (Wildman–Crippen MR) is 141 cm³/mol. The minimum absolute atomic E-state index is 0.0395. The number of rotatable bonds is 3. The van der Waals surface area contributed by atoms with Crippen LogP contribution in [0, 0.1) is 17.8 Å². The van der Waals surface area contributed by atoms with Gasteiger partial charge in [0.15, 0.2) is 9.75 Å². The summed E-state index contributed by atoms with van der Waals surface area (Å²) in [5.41, 5.74) is 1.29. The van der Waals surface area contributed by atoms with E-state index in [0.29, 0.717) is 22.8 Å². The second kappa shape index (κ2) is 8.29. The van der Waals surface area contributed by atoms with Crippen molar-refractivity contribution in [3.05, 3.63) is 53.6 Å². The van der Waals surface area contributed by atoms with Crippen molar-refractivity contribution in [2.45, 2.75) is 35.4 Å². The highest BCUT2D eigenvalue weighted by Gasteiger charge is 2.76. The summed E-state index contributed by atoms with van der Waals surface area (Å²) in [6.07, 6.45) is 2.20. The summed E-state index contributed by atoms with van der Waals surface area (Å²) in [6, 6.07) is 10.4. The summed E-state index contributed by atoms with van der Waals surface area (Å²) in [4.78, 5) is 52.7. The van der Waals surface area contributed by atoms with Crippen molar-refractivity contribution in [2.75, 3.05) is 12.0 Å². The molecule has 6 rings (SSSR count). The van der Waals surface area contributed by atoms with Gasteiger partial charge >= 0.3 is 0 Å². The normalized spacial score (nSPS) is 35.1. The number of alkyl halides is 3. The molecule has 2 heterocycles. The number of fused-ring (bicyclic) bond motifs is 5. The van der Waals surface area contributed by atoms with Crippen molar-refractivity contribution >= 4 is 73.5 Å². The first-order chi connectivity index (χ1) is 17.6. The Morgan fingerprint density at radius 2 is 1.68 bits per heavy atom. The van der Waals surface area contributed by atoms with Gasteiger partial charge in [-0.3, -0.25) is 29.0 Å². The molecule has 37 heavy (non-hydrogen) atoms. The van der Waals surface area contributed by atoms with Gasteiger partial charge in [0, 0.05) is 17.8 Å². The van der Waals surface area contributed by atoms with E-state index in [2.05, 4.69) is 15.9 Å². The fourth-order valence-electron chi connectivity index (χ4n) is 7.03. The lowest BCUT2D eigenvalue weighted by Gasteiger charge is -2.51. The van der Waals surface area contributed by atoms with Gasteiger partial charge in [-0.25, -0.2) is 0 Å². The number of carbonyl (C=O) groups excluding carboxylic acids is 4. The maximum atomic E-state index is 13.9. The third-order valence-electron chi connectivity index (χ3n) is 8.67. The highest BCUT2D eigenvalue weighted by atomic mass is 79.9. The number of amides is 4. The average Bonchev–Trinajstić information content (AvgIpc) is 3.22. The van der Waals surface area contributed by atoms with Crippen molar-refractivity contribution in [3.63, 3.8) is 0 Å². The maximum absolute atomic E-state index is 13.9. The fraction of sp³-hybridized carbons (Fsp3) is 0.407. The van der Waals surface area contributed by atoms with Crippen LogP contribution in [0.25, 0.3) is 10.8 Å². The molecule has 4 amide bonds. The summed E-state index contributed by atoms with van der Waals surface area (Å²) in [5.74, 6) is -4.31. The molecule has 0 aromatic heterocycles. The molecule has 7 nitrogen and oxygen atoms in total. The number of hydrogen-bond acceptors (Lipinski definition) is 5. The average molecular weight is 606 g/mol. The van der Waals surface area contributed by atoms with E-state index in [0.717, 1.165) is 10.5 Å². The summed E-state index contributed by atoms with van der Waals surface area (Å²) < 4.78 is 0. The highest BCUT2D eigenvalue weighted by Crippen LogP contribution is 2.66. The molecule has 4 aliphatic rings. The van der Waals surface area contributed by atoms with E-state index < -0.39 is 45.2 Å². The first-order valence-electron chi connectivity index (χ1n) is 12.2. The topological polar surface area (TPSA) is 95.0 Å². The number of aromatic hydroxyl groups is 1. The van der Waals surface area contributed by atoms with Crippen molar-refractivity contribution in [1.82, 2.24) is 9.80 Å². The molecule has 2 aromatic carbocycles. The van der Waals surface area contributed by atoms with E-state index in [1.54, 1.807) is 25.1 Å². The molecule has 2 aromatic rings. The van der Waals surface area contributed by atoms with Gasteiger partial charge in [-0.15, -0.1) is 23.2 Å². The second-order valence-corrected chi connectivity index (χ2v) is 11.9. The zero-order valence-corrected chi connectivity index (χ0v) is 22.9. The third-order valence-corrected chi connectivity index (χ3v) is 10.6. The van der Waals surface area contributed by atoms with Crippen LogP contribution in [-0.2, 0) is 19.2 Å². The van der Waals surface area contributed by atoms with Crippen LogP contribution in [0.2, 0.25) is 0 Å². The van der Waals surface area contributed by atoms with Gasteiger partial charge < -0.3 is 5.11 Å². The second-order valence-electron chi connectivity index (χ2n) is 10.1. The van der Waals surface area contributed by atoms with E-state index in [4.69, 9.17) is 23.2 Å². The Labute approximate surface area is 231 Å². The lowest BCUT2D eigenvalue weighted by atomic mass is 9.56. The van der Waals surface area contributed by atoms with Crippen LogP contribution < -0.4 is 0 Å². The Morgan fingerprint density at radius 1 is 0.973 bits per heavy atom. The lowest BCUT2D eigenvalue weighted by molar-refractivity contribution is -0.141. The van der Waals surface area contributed by atoms with Crippen LogP contribution in [-0.4, -0.2) is 60.3 Å². The zero-order valence-electron chi connectivity index (χ0n) is 19.8. The van der Waals surface area contributed by atoms with Crippen LogP contribution in [0.3, 0.4) is 0 Å². The van der Waals surface area contributed by atoms with Crippen LogP contribution in [0.4, 0.5) is 0 Å². The minimum atomic E-state index is -1.87. The Balaban J connectivity index is 1.64. The fourth-order valence-corrected chi connectivity index (χ4v) is 8.45. The Morgan fingerprint density at radius 3 is 2.35 bits per heavy atom. The summed E-state index contributed by atoms with van der Waals surface area (Å²) >= 11 is 17.7. The van der Waals surface area contributed by atoms with Crippen LogP contribution in [0.15, 0.2) is 48.0 Å². The summed E-state index contributed by atoms with van der Waals surface area (Å²) in [5, 5.41) is 11.8. The number of nitrogens with zero attached hydrogens (tertiary/aromatic N) is 2. The van der Waals surface area contributed by atoms with Gasteiger partial charge in [-0.2, -0.15) is 0 Å². The van der Waals surface area contributed by atoms with Gasteiger partial charge in [-0.05, 0) is 42.7 Å². The number of carbonyl (C=O) groups is 4. The monoisotopic (exact) mass is 604 g/mol. The number of imide groups is 2. The van der Waals surface area contributed by atoms with E-state index in [9.17, 15) is 24.3 Å². The zero-order chi connectivity index (χ0) is 26.4. The Kier molecular flexibility index (Phi) is 5.58. The molecule has 192 valence electrons. The van der Waals surface area contributed by atoms with E-state index in [1.807, 2.05) is 18.2 Å². The Bertz CT molecular complexity index is 1450. The lowest BCUT2D eigenvalue weighted by Crippen LogP contribution is -2.60. The molecule has 0 bridgehead atoms. The number of phenolic OH excluding ortho intramolecular Hbond substituents is 1. The molecule has 1 N–H and O–H groups in total. The molecule has 1 saturated carbocycles. The molecular formula is C27H23BrCl2N2O5. The molecular weight excluding hydrogens is 583 g/mol. The molecule has 6 atom stereocenters. The van der Waals surface area contributed by atoms with E-state index in [-0.39, 0.29) is 36.0 Å². The number of likely N-dealkylation sites (tertiary alicyclic amines) is 2. The van der Waals surface area contributed by atoms with Gasteiger partial charge in [0.1, 0.15) is 5.75 Å². The quantitative estimate of drug-likeness (QED) is 0.244. The van der Waals surface area contributed by atoms with Crippen molar-refractivity contribution in [1.29, 1.82) is 0 Å². The number of phenols is 1. The Hall–Kier alpha value is -2.42. The molecule has 2 aliphatic heterocycles. The predicted octanol–water partition coefficient (Wildman–Crippen LogP) is 4.28. The van der Waals surface area contributed by atoms with Crippen LogP contribution in [0.1, 0.15) is 31.2 Å². The molecule has 6 unspecified atom stereocenters. The standard InChI is InChI=1S/C27H23BrCl2N2O5/c1-2-31-22(34)17-8-7-16-18(20(17)23(31)35)11-26(29)24(36)32(12-28)25(37)27(26,30)21(16)15-9-10-19(33)14-6-4-3-5-13(14)15/h3-7,9-10,17-18,20-21,33H,2,8,11-12H2,1H3. The molecule has 3 fully saturated rings. The highest BCUT2D eigenvalue weighted by molar-refractivity contribution is 9.09. The van der Waals surface area contributed by atoms with E-state index in [1.165, 1.54) is 11.0 Å². The molecule has 10 heteroatoms. The maximum Gasteiger partial charge on any atom is 0.254 e. The minimum Gasteiger partial charge on any atom is -0.507 e. The summed E-state index contributed by atoms with van der Waals surface area (Å²) in [7, 11) is 0. The van der Waals surface area contributed by atoms with Crippen molar-refractivity contribution in [2.24, 2.45) is 17.8 Å². The first-order valence-corrected chi connectivity index (χ1v) is 14.1. The van der Waals surface area contributed by atoms with Crippen LogP contribution >= 0.6 is 39.1 Å². The number of hydrogen-bond donors (Lipinski definition) is 1. The number of halogens is 3. The van der Waals surface area contributed by atoms with Gasteiger partial charge in [0.25, 0.3) is 11.8 Å². The van der Waals surface area contributed by atoms with Gasteiger partial charge in [0.2, 0.25) is 11.8 Å². The van der Waals surface area contributed by atoms with Crippen molar-refractivity contribution < 1.29 is 24.3 Å². The molecule has 0 spiro atoms. The molecule has 2 aliphatic carbocycles. The number of benzene rings is 2. The molecule has 2 saturated heterocycles. The largest absolute Gasteiger partial charge is 0.507 e. The molecule has 0 radical (unpaired) electrons. The van der Waals surface area contributed by atoms with Crippen molar-refractivity contribution in [3.8, 4) is 5.75 Å². The number of allylic oxidation sites excluding steroid dienone is 2. The third kappa shape index (κ3) is 2.95.